The van der Waals surface area contributed by atoms with Crippen molar-refractivity contribution in [3.8, 4) is 0 Å². The lowest BCUT2D eigenvalue weighted by atomic mass is 9.87. The molecular formula is C25H28ClF3N4O2. The molecular weight excluding hydrogens is 481 g/mol. The minimum atomic E-state index is -3.20. The molecule has 0 amide bonds. The van der Waals surface area contributed by atoms with Crippen molar-refractivity contribution in [2.24, 2.45) is 0 Å². The number of methoxy groups -OCH3 is 1. The molecule has 0 aliphatic carbocycles. The molecule has 6 nitrogen and oxygen atoms in total. The molecule has 2 aromatic carbocycles. The van der Waals surface area contributed by atoms with Gasteiger partial charge >= 0.3 is 0 Å². The Bertz CT molecular complexity index is 1240. The molecule has 10 heteroatoms. The number of aryl methyl sites for hydroxylation is 1. The molecule has 188 valence electrons. The van der Waals surface area contributed by atoms with Gasteiger partial charge < -0.3 is 20.5 Å². The lowest BCUT2D eigenvalue weighted by molar-refractivity contribution is -0.0698. The number of nitrogens with zero attached hydrogens (tertiary/aromatic N) is 2. The zero-order valence-electron chi connectivity index (χ0n) is 19.8. The number of nitrogens with one attached hydrogen (secondary N) is 1. The van der Waals surface area contributed by atoms with Crippen molar-refractivity contribution < 1.29 is 22.6 Å². The van der Waals surface area contributed by atoms with Crippen LogP contribution in [0.5, 0.6) is 0 Å². The first-order valence-corrected chi connectivity index (χ1v) is 11.7. The largest absolute Gasteiger partial charge is 0.399 e. The molecule has 4 rings (SSSR count). The molecule has 1 aromatic heterocycles. The standard InChI is InChI=1S/C25H28ClF3N4O2/c1-14(16-8-18(10-19(30)9-16)25(28,29)13-34-3)31-23-20-11-17(24(27)4-6-35-7-5-24)12-21(26)22(20)32-15(2)33-23/h8-12,14H,4-7,13,30H2,1-3H3,(H,31,32,33)/t14-/m1/s1. The third-order valence-corrected chi connectivity index (χ3v) is 6.54. The number of anilines is 2. The van der Waals surface area contributed by atoms with Crippen LogP contribution >= 0.6 is 11.6 Å². The molecule has 0 saturated carbocycles. The minimum absolute atomic E-state index is 0.204. The number of aromatic nitrogens is 2. The molecule has 35 heavy (non-hydrogen) atoms. The molecule has 0 unspecified atom stereocenters. The molecule has 1 aliphatic heterocycles. The molecule has 1 saturated heterocycles. The van der Waals surface area contributed by atoms with Crippen LogP contribution in [0.15, 0.2) is 30.3 Å². The monoisotopic (exact) mass is 508 g/mol. The minimum Gasteiger partial charge on any atom is -0.399 e. The van der Waals surface area contributed by atoms with Gasteiger partial charge in [-0.3, -0.25) is 0 Å². The van der Waals surface area contributed by atoms with E-state index in [0.29, 0.717) is 51.9 Å². The smallest absolute Gasteiger partial charge is 0.296 e. The fraction of sp³-hybridized carbons (Fsp3) is 0.440. The number of alkyl halides is 3. The van der Waals surface area contributed by atoms with Crippen molar-refractivity contribution in [2.45, 2.75) is 44.3 Å². The maximum absolute atomic E-state index is 15.7. The Balaban J connectivity index is 1.74. The summed E-state index contributed by atoms with van der Waals surface area (Å²) in [5.41, 5.74) is 5.78. The molecule has 1 fully saturated rings. The summed E-state index contributed by atoms with van der Waals surface area (Å²) in [4.78, 5) is 8.96. The van der Waals surface area contributed by atoms with Crippen LogP contribution in [0.4, 0.5) is 24.7 Å². The third-order valence-electron chi connectivity index (χ3n) is 6.25. The summed E-state index contributed by atoms with van der Waals surface area (Å²) in [6, 6.07) is 7.10. The van der Waals surface area contributed by atoms with Crippen molar-refractivity contribution in [3.63, 3.8) is 0 Å². The summed E-state index contributed by atoms with van der Waals surface area (Å²) >= 11 is 6.53. The van der Waals surface area contributed by atoms with E-state index in [2.05, 4.69) is 20.0 Å². The van der Waals surface area contributed by atoms with Gasteiger partial charge in [-0.05, 0) is 55.3 Å². The van der Waals surface area contributed by atoms with E-state index < -0.39 is 24.2 Å². The van der Waals surface area contributed by atoms with Gasteiger partial charge in [-0.2, -0.15) is 8.78 Å². The number of hydrogen-bond acceptors (Lipinski definition) is 6. The normalized spacial score (nSPS) is 16.9. The summed E-state index contributed by atoms with van der Waals surface area (Å²) in [5.74, 6) is -2.31. The van der Waals surface area contributed by atoms with Gasteiger partial charge in [-0.25, -0.2) is 14.4 Å². The molecule has 0 radical (unpaired) electrons. The van der Waals surface area contributed by atoms with Crippen molar-refractivity contribution in [3.05, 3.63) is 57.9 Å². The highest BCUT2D eigenvalue weighted by Crippen LogP contribution is 2.41. The number of halogens is 4. The van der Waals surface area contributed by atoms with E-state index in [0.717, 1.165) is 0 Å². The zero-order chi connectivity index (χ0) is 25.4. The van der Waals surface area contributed by atoms with Gasteiger partial charge in [0.15, 0.2) is 0 Å². The molecule has 3 aromatic rings. The zero-order valence-corrected chi connectivity index (χ0v) is 20.6. The second kappa shape index (κ2) is 9.79. The van der Waals surface area contributed by atoms with E-state index in [1.165, 1.54) is 19.2 Å². The van der Waals surface area contributed by atoms with Crippen molar-refractivity contribution in [1.29, 1.82) is 0 Å². The summed E-state index contributed by atoms with van der Waals surface area (Å²) in [6.07, 6.45) is 0.449. The fourth-order valence-electron chi connectivity index (χ4n) is 4.35. The Morgan fingerprint density at radius 2 is 1.91 bits per heavy atom. The lowest BCUT2D eigenvalue weighted by Crippen LogP contribution is -2.29. The predicted octanol–water partition coefficient (Wildman–Crippen LogP) is 6.06. The van der Waals surface area contributed by atoms with Crippen LogP contribution in [0, 0.1) is 6.92 Å². The van der Waals surface area contributed by atoms with Gasteiger partial charge in [0.25, 0.3) is 5.92 Å². The van der Waals surface area contributed by atoms with Gasteiger partial charge in [0.2, 0.25) is 0 Å². The molecule has 1 atom stereocenters. The maximum Gasteiger partial charge on any atom is 0.296 e. The van der Waals surface area contributed by atoms with Crippen LogP contribution in [0.3, 0.4) is 0 Å². The highest BCUT2D eigenvalue weighted by Gasteiger charge is 2.35. The average Bonchev–Trinajstić information content (AvgIpc) is 2.79. The van der Waals surface area contributed by atoms with E-state index in [1.807, 2.05) is 0 Å². The summed E-state index contributed by atoms with van der Waals surface area (Å²) in [6.45, 7) is 3.41. The molecule has 0 bridgehead atoms. The Labute approximate surface area is 207 Å². The first kappa shape index (κ1) is 25.5. The summed E-state index contributed by atoms with van der Waals surface area (Å²) in [7, 11) is 1.22. The molecule has 0 spiro atoms. The van der Waals surface area contributed by atoms with Gasteiger partial charge in [0.05, 0.1) is 16.6 Å². The SMILES string of the molecule is COCC(F)(F)c1cc(N)cc([C@@H](C)Nc2nc(C)nc3c(Cl)cc(C4(F)CCOCC4)cc23)c1. The van der Waals surface area contributed by atoms with Crippen molar-refractivity contribution >= 4 is 34.0 Å². The molecule has 1 aliphatic rings. The van der Waals surface area contributed by atoms with Crippen LogP contribution in [0.2, 0.25) is 5.02 Å². The number of rotatable bonds is 7. The highest BCUT2D eigenvalue weighted by molar-refractivity contribution is 6.35. The first-order valence-electron chi connectivity index (χ1n) is 11.3. The van der Waals surface area contributed by atoms with Gasteiger partial charge in [-0.1, -0.05) is 11.6 Å². The van der Waals surface area contributed by atoms with Crippen LogP contribution in [-0.4, -0.2) is 36.9 Å². The second-order valence-electron chi connectivity index (χ2n) is 8.94. The Hall–Kier alpha value is -2.62. The van der Waals surface area contributed by atoms with E-state index >= 15 is 4.39 Å². The number of hydrogen-bond donors (Lipinski definition) is 2. The van der Waals surface area contributed by atoms with Crippen LogP contribution in [-0.2, 0) is 21.1 Å². The Morgan fingerprint density at radius 1 is 1.20 bits per heavy atom. The Morgan fingerprint density at radius 3 is 2.60 bits per heavy atom. The number of fused-ring (bicyclic) bond motifs is 1. The van der Waals surface area contributed by atoms with Gasteiger partial charge in [-0.15, -0.1) is 0 Å². The number of nitrogen functional groups attached to an aromatic ring is 1. The second-order valence-corrected chi connectivity index (χ2v) is 9.35. The van der Waals surface area contributed by atoms with Crippen LogP contribution < -0.4 is 11.1 Å². The number of nitrogens with two attached hydrogens (primary N) is 1. The quantitative estimate of drug-likeness (QED) is 0.377. The number of benzene rings is 2. The topological polar surface area (TPSA) is 82.3 Å². The van der Waals surface area contributed by atoms with Crippen molar-refractivity contribution in [1.82, 2.24) is 9.97 Å². The van der Waals surface area contributed by atoms with Gasteiger partial charge in [0, 0.05) is 49.8 Å². The number of ether oxygens (including phenoxy) is 2. The van der Waals surface area contributed by atoms with Gasteiger partial charge in [0.1, 0.15) is 23.9 Å². The third kappa shape index (κ3) is 5.32. The van der Waals surface area contributed by atoms with Crippen LogP contribution in [0.1, 0.15) is 48.3 Å². The van der Waals surface area contributed by atoms with E-state index in [9.17, 15) is 8.78 Å². The maximum atomic E-state index is 15.7. The van der Waals surface area contributed by atoms with Crippen LogP contribution in [0.25, 0.3) is 10.9 Å². The predicted molar refractivity (Wildman–Crippen MR) is 131 cm³/mol. The first-order chi connectivity index (χ1) is 16.5. The molecule has 2 heterocycles. The summed E-state index contributed by atoms with van der Waals surface area (Å²) in [5, 5.41) is 4.12. The average molecular weight is 509 g/mol. The van der Waals surface area contributed by atoms with Crippen molar-refractivity contribution in [2.75, 3.05) is 38.0 Å². The fourth-order valence-corrected chi connectivity index (χ4v) is 4.61. The molecule has 3 N–H and O–H groups in total. The Kier molecular flexibility index (Phi) is 7.13. The van der Waals surface area contributed by atoms with E-state index in [-0.39, 0.29) is 24.1 Å². The van der Waals surface area contributed by atoms with E-state index in [4.69, 9.17) is 22.1 Å². The van der Waals surface area contributed by atoms with E-state index in [1.54, 1.807) is 32.0 Å². The lowest BCUT2D eigenvalue weighted by Gasteiger charge is -2.30. The highest BCUT2D eigenvalue weighted by atomic mass is 35.5. The summed E-state index contributed by atoms with van der Waals surface area (Å²) < 4.78 is 54.7.